The van der Waals surface area contributed by atoms with Gasteiger partial charge in [0.05, 0.1) is 23.7 Å². The molecule has 1 aliphatic rings. The fraction of sp³-hybridized carbons (Fsp3) is 0.435. The lowest BCUT2D eigenvalue weighted by atomic mass is 9.95. The molecule has 0 radical (unpaired) electrons. The second-order valence-electron chi connectivity index (χ2n) is 7.52. The van der Waals surface area contributed by atoms with Crippen LogP contribution in [0.5, 0.6) is 0 Å². The van der Waals surface area contributed by atoms with Gasteiger partial charge in [-0.05, 0) is 75.3 Å². The number of hydrogen-bond donors (Lipinski definition) is 2. The fourth-order valence-electron chi connectivity index (χ4n) is 3.49. The Morgan fingerprint density at radius 3 is 2.45 bits per heavy atom. The van der Waals surface area contributed by atoms with Gasteiger partial charge in [-0.3, -0.25) is 9.59 Å². The molecule has 0 aliphatic heterocycles. The van der Waals surface area contributed by atoms with Gasteiger partial charge in [-0.1, -0.05) is 6.07 Å². The third-order valence-electron chi connectivity index (χ3n) is 5.16. The normalized spacial score (nSPS) is 12.7. The van der Waals surface area contributed by atoms with Gasteiger partial charge in [-0.2, -0.15) is 0 Å². The van der Waals surface area contributed by atoms with Crippen LogP contribution < -0.4 is 10.6 Å². The topological polar surface area (TPSA) is 84.5 Å². The summed E-state index contributed by atoms with van der Waals surface area (Å²) in [6.07, 6.45) is 3.89. The lowest BCUT2D eigenvalue weighted by Gasteiger charge is -2.12. The van der Waals surface area contributed by atoms with Crippen molar-refractivity contribution in [3.63, 3.8) is 0 Å². The van der Waals surface area contributed by atoms with Crippen LogP contribution in [0.3, 0.4) is 0 Å². The van der Waals surface area contributed by atoms with E-state index in [1.54, 1.807) is 6.92 Å². The number of hydrogen-bond acceptors (Lipinski definition) is 6. The molecule has 3 rings (SSSR count). The predicted octanol–water partition coefficient (Wildman–Crippen LogP) is 4.73. The quantitative estimate of drug-likeness (QED) is 0.556. The Hall–Kier alpha value is -2.32. The van der Waals surface area contributed by atoms with Crippen molar-refractivity contribution in [2.24, 2.45) is 0 Å². The van der Waals surface area contributed by atoms with E-state index in [4.69, 9.17) is 4.74 Å². The van der Waals surface area contributed by atoms with Crippen LogP contribution in [0.15, 0.2) is 18.2 Å². The Morgan fingerprint density at radius 2 is 1.74 bits per heavy atom. The summed E-state index contributed by atoms with van der Waals surface area (Å²) in [7, 11) is 0. The molecule has 1 heterocycles. The summed E-state index contributed by atoms with van der Waals surface area (Å²) < 4.78 is 5.22. The van der Waals surface area contributed by atoms with E-state index < -0.39 is 0 Å². The molecule has 2 aromatic rings. The number of aryl methyl sites for hydroxylation is 3. The Labute approximate surface area is 191 Å². The van der Waals surface area contributed by atoms with E-state index in [0.29, 0.717) is 17.2 Å². The highest BCUT2D eigenvalue weighted by Gasteiger charge is 2.27. The third kappa shape index (κ3) is 6.11. The number of benzene rings is 1. The first-order chi connectivity index (χ1) is 14.9. The number of carbonyl (C=O) groups excluding carboxylic acids is 3. The molecule has 2 amide bonds. The average molecular weight is 461 g/mol. The van der Waals surface area contributed by atoms with Crippen LogP contribution in [0.4, 0.5) is 10.7 Å². The Bertz CT molecular complexity index is 984. The van der Waals surface area contributed by atoms with Crippen molar-refractivity contribution in [3.05, 3.63) is 45.3 Å². The smallest absolute Gasteiger partial charge is 0.341 e. The molecule has 2 N–H and O–H groups in total. The SMILES string of the molecule is CCOC(=O)c1c(NC(=O)CSCC(=O)Nc2ccc(C)c(C)c2)sc2c1CCCC2. The fourth-order valence-corrected chi connectivity index (χ4v) is 5.40. The number of fused-ring (bicyclic) bond motifs is 1. The van der Waals surface area contributed by atoms with Crippen molar-refractivity contribution in [2.75, 3.05) is 28.7 Å². The number of thioether (sulfide) groups is 1. The summed E-state index contributed by atoms with van der Waals surface area (Å²) in [4.78, 5) is 38.3. The standard InChI is InChI=1S/C23H28N2O4S2/c1-4-29-23(28)21-17-7-5-6-8-18(17)31-22(21)25-20(27)13-30-12-19(26)24-16-10-9-14(2)15(3)11-16/h9-11H,4-8,12-13H2,1-3H3,(H,24,26)(H,25,27). The van der Waals surface area contributed by atoms with Gasteiger partial charge in [0, 0.05) is 10.6 Å². The van der Waals surface area contributed by atoms with Crippen LogP contribution in [-0.2, 0) is 27.2 Å². The van der Waals surface area contributed by atoms with Gasteiger partial charge >= 0.3 is 5.97 Å². The van der Waals surface area contributed by atoms with Gasteiger partial charge in [-0.15, -0.1) is 23.1 Å². The molecular weight excluding hydrogens is 432 g/mol. The Kier molecular flexibility index (Phi) is 8.15. The lowest BCUT2D eigenvalue weighted by Crippen LogP contribution is -2.19. The molecule has 8 heteroatoms. The van der Waals surface area contributed by atoms with Gasteiger partial charge < -0.3 is 15.4 Å². The van der Waals surface area contributed by atoms with Gasteiger partial charge in [0.25, 0.3) is 0 Å². The first-order valence-electron chi connectivity index (χ1n) is 10.5. The van der Waals surface area contributed by atoms with Gasteiger partial charge in [0.1, 0.15) is 5.00 Å². The van der Waals surface area contributed by atoms with E-state index in [0.717, 1.165) is 47.4 Å². The molecule has 31 heavy (non-hydrogen) atoms. The Morgan fingerprint density at radius 1 is 1.03 bits per heavy atom. The number of anilines is 2. The van der Waals surface area contributed by atoms with Crippen LogP contribution in [0.25, 0.3) is 0 Å². The van der Waals surface area contributed by atoms with E-state index in [-0.39, 0.29) is 29.3 Å². The number of thiophene rings is 1. The molecule has 1 aromatic carbocycles. The second-order valence-corrected chi connectivity index (χ2v) is 9.61. The van der Waals surface area contributed by atoms with Crippen molar-refractivity contribution in [1.29, 1.82) is 0 Å². The molecule has 1 aliphatic carbocycles. The van der Waals surface area contributed by atoms with Crippen LogP contribution in [0.2, 0.25) is 0 Å². The Balaban J connectivity index is 1.54. The second kappa shape index (κ2) is 10.8. The number of carbonyl (C=O) groups is 3. The highest BCUT2D eigenvalue weighted by Crippen LogP contribution is 2.38. The molecule has 0 saturated carbocycles. The number of nitrogens with one attached hydrogen (secondary N) is 2. The summed E-state index contributed by atoms with van der Waals surface area (Å²) in [5.74, 6) is -0.456. The molecule has 0 bridgehead atoms. The molecule has 166 valence electrons. The molecule has 0 unspecified atom stereocenters. The predicted molar refractivity (Wildman–Crippen MR) is 127 cm³/mol. The zero-order valence-corrected chi connectivity index (χ0v) is 19.8. The molecule has 0 saturated heterocycles. The maximum Gasteiger partial charge on any atom is 0.341 e. The minimum atomic E-state index is -0.377. The summed E-state index contributed by atoms with van der Waals surface area (Å²) >= 11 is 2.71. The zero-order valence-electron chi connectivity index (χ0n) is 18.1. The minimum absolute atomic E-state index is 0.130. The van der Waals surface area contributed by atoms with E-state index in [9.17, 15) is 14.4 Å². The monoisotopic (exact) mass is 460 g/mol. The lowest BCUT2D eigenvalue weighted by molar-refractivity contribution is -0.114. The molecule has 0 fully saturated rings. The number of esters is 1. The molecule has 0 atom stereocenters. The van der Waals surface area contributed by atoms with Crippen molar-refractivity contribution in [1.82, 2.24) is 0 Å². The average Bonchev–Trinajstić information content (AvgIpc) is 3.08. The van der Waals surface area contributed by atoms with E-state index >= 15 is 0 Å². The summed E-state index contributed by atoms with van der Waals surface area (Å²) in [6.45, 7) is 6.08. The molecular formula is C23H28N2O4S2. The maximum atomic E-state index is 12.5. The number of rotatable bonds is 8. The van der Waals surface area contributed by atoms with E-state index in [1.165, 1.54) is 28.7 Å². The van der Waals surface area contributed by atoms with E-state index in [2.05, 4.69) is 10.6 Å². The van der Waals surface area contributed by atoms with Crippen LogP contribution in [-0.4, -0.2) is 35.9 Å². The number of ether oxygens (including phenoxy) is 1. The van der Waals surface area contributed by atoms with E-state index in [1.807, 2.05) is 32.0 Å². The van der Waals surface area contributed by atoms with Crippen molar-refractivity contribution in [2.45, 2.75) is 46.5 Å². The molecule has 1 aromatic heterocycles. The first kappa shape index (κ1) is 23.3. The first-order valence-corrected chi connectivity index (χ1v) is 12.4. The summed E-state index contributed by atoms with van der Waals surface area (Å²) in [5.41, 5.74) is 4.56. The third-order valence-corrected chi connectivity index (χ3v) is 7.30. The van der Waals surface area contributed by atoms with Crippen molar-refractivity contribution < 1.29 is 19.1 Å². The van der Waals surface area contributed by atoms with Crippen molar-refractivity contribution >= 4 is 51.6 Å². The van der Waals surface area contributed by atoms with Crippen molar-refractivity contribution in [3.8, 4) is 0 Å². The van der Waals surface area contributed by atoms with Gasteiger partial charge in [-0.25, -0.2) is 4.79 Å². The van der Waals surface area contributed by atoms with Gasteiger partial charge in [0.2, 0.25) is 11.8 Å². The van der Waals surface area contributed by atoms with Crippen LogP contribution in [0.1, 0.15) is 51.7 Å². The van der Waals surface area contributed by atoms with Crippen LogP contribution in [0, 0.1) is 13.8 Å². The van der Waals surface area contributed by atoms with Crippen LogP contribution >= 0.6 is 23.1 Å². The highest BCUT2D eigenvalue weighted by molar-refractivity contribution is 8.00. The molecule has 0 spiro atoms. The number of amides is 2. The van der Waals surface area contributed by atoms with Gasteiger partial charge in [0.15, 0.2) is 0 Å². The maximum absolute atomic E-state index is 12.5. The summed E-state index contributed by atoms with van der Waals surface area (Å²) in [5, 5.41) is 6.29. The largest absolute Gasteiger partial charge is 0.462 e. The summed E-state index contributed by atoms with van der Waals surface area (Å²) in [6, 6.07) is 5.76. The highest BCUT2D eigenvalue weighted by atomic mass is 32.2. The molecule has 6 nitrogen and oxygen atoms in total. The zero-order chi connectivity index (χ0) is 22.4. The minimum Gasteiger partial charge on any atom is -0.462 e.